The Bertz CT molecular complexity index is 504. The summed E-state index contributed by atoms with van der Waals surface area (Å²) >= 11 is 0. The summed E-state index contributed by atoms with van der Waals surface area (Å²) in [5.41, 5.74) is 7.55. The quantitative estimate of drug-likeness (QED) is 0.870. The first-order valence-electron chi connectivity index (χ1n) is 6.62. The summed E-state index contributed by atoms with van der Waals surface area (Å²) in [5.74, 6) is 0. The van der Waals surface area contributed by atoms with Gasteiger partial charge in [0.15, 0.2) is 0 Å². The van der Waals surface area contributed by atoms with Crippen LogP contribution in [0.25, 0.3) is 10.8 Å². The second kappa shape index (κ2) is 5.98. The second-order valence-electron chi connectivity index (χ2n) is 4.50. The van der Waals surface area contributed by atoms with Gasteiger partial charge in [0.1, 0.15) is 0 Å². The third-order valence-corrected chi connectivity index (χ3v) is 3.37. The first-order chi connectivity index (χ1) is 8.77. The fourth-order valence-electron chi connectivity index (χ4n) is 2.43. The third-order valence-electron chi connectivity index (χ3n) is 3.37. The van der Waals surface area contributed by atoms with Gasteiger partial charge in [0.05, 0.1) is 12.1 Å². The van der Waals surface area contributed by atoms with Crippen LogP contribution in [0.4, 0.5) is 0 Å². The Morgan fingerprint density at radius 3 is 2.50 bits per heavy atom. The van der Waals surface area contributed by atoms with E-state index in [9.17, 15) is 0 Å². The van der Waals surface area contributed by atoms with Gasteiger partial charge < -0.3 is 10.5 Å². The lowest BCUT2D eigenvalue weighted by Gasteiger charge is -2.24. The molecule has 0 amide bonds. The molecule has 0 aliphatic rings. The van der Waals surface area contributed by atoms with Gasteiger partial charge in [-0.3, -0.25) is 0 Å². The molecule has 18 heavy (non-hydrogen) atoms. The molecule has 2 aromatic carbocycles. The van der Waals surface area contributed by atoms with E-state index in [-0.39, 0.29) is 12.1 Å². The van der Waals surface area contributed by atoms with E-state index in [4.69, 9.17) is 10.5 Å². The normalized spacial score (nSPS) is 14.6. The van der Waals surface area contributed by atoms with Crippen molar-refractivity contribution in [1.82, 2.24) is 0 Å². The fourth-order valence-corrected chi connectivity index (χ4v) is 2.43. The lowest BCUT2D eigenvalue weighted by atomic mass is 9.95. The molecule has 2 atom stereocenters. The van der Waals surface area contributed by atoms with Crippen molar-refractivity contribution in [2.24, 2.45) is 5.73 Å². The maximum absolute atomic E-state index is 6.38. The third kappa shape index (κ3) is 2.55. The second-order valence-corrected chi connectivity index (χ2v) is 4.50. The summed E-state index contributed by atoms with van der Waals surface area (Å²) in [7, 11) is 0. The maximum Gasteiger partial charge on any atom is 0.0765 e. The lowest BCUT2D eigenvalue weighted by Crippen LogP contribution is -2.28. The van der Waals surface area contributed by atoms with Gasteiger partial charge in [0, 0.05) is 6.61 Å². The topological polar surface area (TPSA) is 35.2 Å². The molecule has 2 unspecified atom stereocenters. The molecule has 0 spiro atoms. The van der Waals surface area contributed by atoms with Crippen molar-refractivity contribution in [2.75, 3.05) is 6.61 Å². The average molecular weight is 243 g/mol. The van der Waals surface area contributed by atoms with E-state index in [1.807, 2.05) is 6.92 Å². The van der Waals surface area contributed by atoms with Gasteiger partial charge in [-0.15, -0.1) is 0 Å². The summed E-state index contributed by atoms with van der Waals surface area (Å²) in [5, 5.41) is 2.46. The number of benzene rings is 2. The van der Waals surface area contributed by atoms with Crippen molar-refractivity contribution in [3.8, 4) is 0 Å². The molecule has 2 rings (SSSR count). The van der Waals surface area contributed by atoms with Crippen LogP contribution in [0, 0.1) is 0 Å². The van der Waals surface area contributed by atoms with E-state index in [1.165, 1.54) is 16.3 Å². The number of fused-ring (bicyclic) bond motifs is 1. The van der Waals surface area contributed by atoms with Crippen LogP contribution in [0.1, 0.15) is 31.9 Å². The zero-order valence-corrected chi connectivity index (χ0v) is 11.1. The molecule has 0 heterocycles. The van der Waals surface area contributed by atoms with Crippen LogP contribution in [0.3, 0.4) is 0 Å². The first kappa shape index (κ1) is 13.1. The van der Waals surface area contributed by atoms with E-state index in [0.29, 0.717) is 6.61 Å². The van der Waals surface area contributed by atoms with Crippen LogP contribution in [-0.4, -0.2) is 12.7 Å². The maximum atomic E-state index is 6.38. The molecular formula is C16H21NO. The van der Waals surface area contributed by atoms with Crippen molar-refractivity contribution < 1.29 is 4.74 Å². The SMILES string of the molecule is CCOC(CC)C(N)c1cccc2ccccc12. The monoisotopic (exact) mass is 243 g/mol. The minimum atomic E-state index is -0.0685. The number of nitrogens with two attached hydrogens (primary N) is 1. The lowest BCUT2D eigenvalue weighted by molar-refractivity contribution is 0.0417. The summed E-state index contributed by atoms with van der Waals surface area (Å²) in [6, 6.07) is 14.6. The zero-order valence-electron chi connectivity index (χ0n) is 11.1. The van der Waals surface area contributed by atoms with Crippen LogP contribution in [-0.2, 0) is 4.74 Å². The average Bonchev–Trinajstić information content (AvgIpc) is 2.43. The summed E-state index contributed by atoms with van der Waals surface area (Å²) in [6.45, 7) is 4.83. The van der Waals surface area contributed by atoms with E-state index in [1.54, 1.807) is 0 Å². The molecule has 0 fully saturated rings. The van der Waals surface area contributed by atoms with Gasteiger partial charge in [-0.1, -0.05) is 49.4 Å². The number of hydrogen-bond acceptors (Lipinski definition) is 2. The van der Waals surface area contributed by atoms with Crippen molar-refractivity contribution in [1.29, 1.82) is 0 Å². The highest BCUT2D eigenvalue weighted by Gasteiger charge is 2.19. The van der Waals surface area contributed by atoms with Crippen LogP contribution in [0.15, 0.2) is 42.5 Å². The summed E-state index contributed by atoms with van der Waals surface area (Å²) < 4.78 is 5.73. The Morgan fingerprint density at radius 1 is 1.06 bits per heavy atom. The first-order valence-corrected chi connectivity index (χ1v) is 6.62. The van der Waals surface area contributed by atoms with E-state index in [0.717, 1.165) is 6.42 Å². The molecule has 2 heteroatoms. The molecule has 0 saturated carbocycles. The highest BCUT2D eigenvalue weighted by Crippen LogP contribution is 2.26. The molecule has 0 aliphatic carbocycles. The van der Waals surface area contributed by atoms with Gasteiger partial charge >= 0.3 is 0 Å². The predicted molar refractivity (Wildman–Crippen MR) is 76.6 cm³/mol. The molecule has 2 aromatic rings. The summed E-state index contributed by atoms with van der Waals surface area (Å²) in [6.07, 6.45) is 1.01. The highest BCUT2D eigenvalue weighted by atomic mass is 16.5. The number of hydrogen-bond donors (Lipinski definition) is 1. The van der Waals surface area contributed by atoms with Gasteiger partial charge in [-0.05, 0) is 29.7 Å². The molecule has 2 nitrogen and oxygen atoms in total. The fraction of sp³-hybridized carbons (Fsp3) is 0.375. The molecule has 0 radical (unpaired) electrons. The molecule has 0 bridgehead atoms. The zero-order chi connectivity index (χ0) is 13.0. The van der Waals surface area contributed by atoms with Crippen molar-refractivity contribution >= 4 is 10.8 Å². The van der Waals surface area contributed by atoms with Gasteiger partial charge in [0.25, 0.3) is 0 Å². The van der Waals surface area contributed by atoms with Crippen LogP contribution in [0.2, 0.25) is 0 Å². The van der Waals surface area contributed by atoms with Crippen molar-refractivity contribution in [3.63, 3.8) is 0 Å². The molecule has 0 aliphatic heterocycles. The minimum absolute atomic E-state index is 0.0685. The van der Waals surface area contributed by atoms with Crippen molar-refractivity contribution in [3.05, 3.63) is 48.0 Å². The molecule has 2 N–H and O–H groups in total. The van der Waals surface area contributed by atoms with Crippen LogP contribution >= 0.6 is 0 Å². The Labute approximate surface area is 109 Å². The number of ether oxygens (including phenoxy) is 1. The Balaban J connectivity index is 2.40. The van der Waals surface area contributed by atoms with Crippen LogP contribution < -0.4 is 5.73 Å². The molecule has 0 aromatic heterocycles. The number of rotatable bonds is 5. The molecule has 96 valence electrons. The largest absolute Gasteiger partial charge is 0.377 e. The molecule has 0 saturated heterocycles. The minimum Gasteiger partial charge on any atom is -0.377 e. The smallest absolute Gasteiger partial charge is 0.0765 e. The van der Waals surface area contributed by atoms with Gasteiger partial charge in [-0.25, -0.2) is 0 Å². The van der Waals surface area contributed by atoms with Gasteiger partial charge in [0.2, 0.25) is 0 Å². The standard InChI is InChI=1S/C16H21NO/c1-3-15(18-4-2)16(17)14-11-7-9-12-8-5-6-10-13(12)14/h5-11,15-16H,3-4,17H2,1-2H3. The Kier molecular flexibility index (Phi) is 4.34. The highest BCUT2D eigenvalue weighted by molar-refractivity contribution is 5.86. The van der Waals surface area contributed by atoms with Crippen molar-refractivity contribution in [2.45, 2.75) is 32.4 Å². The van der Waals surface area contributed by atoms with E-state index >= 15 is 0 Å². The Hall–Kier alpha value is -1.38. The predicted octanol–water partition coefficient (Wildman–Crippen LogP) is 3.65. The van der Waals surface area contributed by atoms with Crippen LogP contribution in [0.5, 0.6) is 0 Å². The van der Waals surface area contributed by atoms with E-state index < -0.39 is 0 Å². The summed E-state index contributed by atoms with van der Waals surface area (Å²) in [4.78, 5) is 0. The van der Waals surface area contributed by atoms with Gasteiger partial charge in [-0.2, -0.15) is 0 Å². The Morgan fingerprint density at radius 2 is 1.78 bits per heavy atom. The van der Waals surface area contributed by atoms with E-state index in [2.05, 4.69) is 49.4 Å². The molecular weight excluding hydrogens is 222 g/mol.